The Morgan fingerprint density at radius 2 is 2.06 bits per heavy atom. The van der Waals surface area contributed by atoms with E-state index in [4.69, 9.17) is 4.98 Å². The van der Waals surface area contributed by atoms with Crippen molar-refractivity contribution in [2.75, 3.05) is 11.9 Å². The van der Waals surface area contributed by atoms with Gasteiger partial charge in [-0.05, 0) is 36.8 Å². The van der Waals surface area contributed by atoms with Crippen molar-refractivity contribution < 1.29 is 0 Å². The van der Waals surface area contributed by atoms with Gasteiger partial charge in [-0.3, -0.25) is 0 Å². The highest BCUT2D eigenvalue weighted by atomic mass is 15.0. The van der Waals surface area contributed by atoms with Gasteiger partial charge >= 0.3 is 0 Å². The number of hydrogen-bond acceptors (Lipinski definition) is 2. The second-order valence-corrected chi connectivity index (χ2v) is 4.96. The fourth-order valence-corrected chi connectivity index (χ4v) is 2.26. The molecule has 1 aliphatic heterocycles. The van der Waals surface area contributed by atoms with E-state index in [9.17, 15) is 0 Å². The number of pyridine rings is 1. The maximum atomic E-state index is 4.71. The van der Waals surface area contributed by atoms with E-state index in [1.165, 1.54) is 36.9 Å². The fourth-order valence-electron chi connectivity index (χ4n) is 2.26. The van der Waals surface area contributed by atoms with Gasteiger partial charge in [0.2, 0.25) is 0 Å². The first-order valence-electron chi connectivity index (χ1n) is 7.52. The summed E-state index contributed by atoms with van der Waals surface area (Å²) in [6, 6.07) is 4.46. The average molecular weight is 248 g/mol. The Labute approximate surface area is 112 Å². The molecule has 1 N–H and O–H groups in total. The summed E-state index contributed by atoms with van der Waals surface area (Å²) >= 11 is 0. The van der Waals surface area contributed by atoms with Crippen molar-refractivity contribution in [2.45, 2.75) is 59.8 Å². The number of nitrogens with one attached hydrogen (secondary N) is 1. The third kappa shape index (κ3) is 4.32. The van der Waals surface area contributed by atoms with Crippen LogP contribution in [0.5, 0.6) is 0 Å². The Bertz CT molecular complexity index is 347. The number of aromatic nitrogens is 1. The molecule has 2 rings (SSSR count). The van der Waals surface area contributed by atoms with Gasteiger partial charge in [-0.1, -0.05) is 46.6 Å². The molecule has 0 radical (unpaired) electrons. The van der Waals surface area contributed by atoms with Crippen molar-refractivity contribution in [1.29, 1.82) is 0 Å². The van der Waals surface area contributed by atoms with Crippen LogP contribution in [0.15, 0.2) is 12.1 Å². The van der Waals surface area contributed by atoms with Crippen LogP contribution in [-0.4, -0.2) is 11.5 Å². The number of hydrogen-bond donors (Lipinski definition) is 1. The van der Waals surface area contributed by atoms with E-state index in [2.05, 4.69) is 31.3 Å². The predicted octanol–water partition coefficient (Wildman–Crippen LogP) is 4.44. The number of nitrogens with zero attached hydrogens (tertiary/aromatic N) is 1. The maximum Gasteiger partial charge on any atom is 0.129 e. The Morgan fingerprint density at radius 3 is 2.78 bits per heavy atom. The standard InChI is InChI=1S/C14H22N2.C2H6/c1-3-4-5-6-13-8-7-12-9-11(2)10-15-14(12)16-13;1-2/h7-8,11H,3-6,9-10H2,1-2H3,(H,15,16);1-2H3. The lowest BCUT2D eigenvalue weighted by atomic mass is 9.97. The van der Waals surface area contributed by atoms with Crippen molar-refractivity contribution >= 4 is 5.82 Å². The minimum absolute atomic E-state index is 0.736. The summed E-state index contributed by atoms with van der Waals surface area (Å²) in [5.41, 5.74) is 2.63. The number of fused-ring (bicyclic) bond motifs is 1. The number of unbranched alkanes of at least 4 members (excludes halogenated alkanes) is 2. The van der Waals surface area contributed by atoms with Crippen LogP contribution in [0.25, 0.3) is 0 Å². The van der Waals surface area contributed by atoms with Crippen molar-refractivity contribution in [3.63, 3.8) is 0 Å². The third-order valence-electron chi connectivity index (χ3n) is 3.26. The van der Waals surface area contributed by atoms with Crippen LogP contribution in [0.1, 0.15) is 58.2 Å². The summed E-state index contributed by atoms with van der Waals surface area (Å²) in [6.45, 7) is 9.59. The Balaban J connectivity index is 0.000000771. The molecule has 1 aromatic rings. The van der Waals surface area contributed by atoms with Gasteiger partial charge in [0.05, 0.1) is 0 Å². The molecule has 0 bridgehead atoms. The molecule has 2 heterocycles. The largest absolute Gasteiger partial charge is 0.370 e. The molecular formula is C16H28N2. The Kier molecular flexibility index (Phi) is 6.77. The minimum atomic E-state index is 0.736. The quantitative estimate of drug-likeness (QED) is 0.797. The van der Waals surface area contributed by atoms with E-state index in [1.807, 2.05) is 13.8 Å². The van der Waals surface area contributed by atoms with Gasteiger partial charge in [-0.15, -0.1) is 0 Å². The first-order chi connectivity index (χ1) is 8.79. The van der Waals surface area contributed by atoms with Gasteiger partial charge in [-0.25, -0.2) is 4.98 Å². The summed E-state index contributed by atoms with van der Waals surface area (Å²) < 4.78 is 0. The SMILES string of the molecule is CC.CCCCCc1ccc2c(n1)NCC(C)C2. The average Bonchev–Trinajstić information content (AvgIpc) is 2.41. The van der Waals surface area contributed by atoms with Gasteiger partial charge in [-0.2, -0.15) is 0 Å². The fraction of sp³-hybridized carbons (Fsp3) is 0.688. The number of rotatable bonds is 4. The summed E-state index contributed by atoms with van der Waals surface area (Å²) in [6.07, 6.45) is 6.14. The maximum absolute atomic E-state index is 4.71. The van der Waals surface area contributed by atoms with Gasteiger partial charge in [0.1, 0.15) is 5.82 Å². The lowest BCUT2D eigenvalue weighted by molar-refractivity contribution is 0.589. The van der Waals surface area contributed by atoms with Crippen molar-refractivity contribution in [3.8, 4) is 0 Å². The van der Waals surface area contributed by atoms with Crippen LogP contribution < -0.4 is 5.32 Å². The van der Waals surface area contributed by atoms with Gasteiger partial charge < -0.3 is 5.32 Å². The van der Waals surface area contributed by atoms with Crippen LogP contribution in [0, 0.1) is 5.92 Å². The molecule has 2 heteroatoms. The zero-order valence-electron chi connectivity index (χ0n) is 12.4. The van der Waals surface area contributed by atoms with Crippen LogP contribution >= 0.6 is 0 Å². The lowest BCUT2D eigenvalue weighted by Crippen LogP contribution is -2.21. The highest BCUT2D eigenvalue weighted by molar-refractivity contribution is 5.47. The molecule has 1 atom stereocenters. The number of anilines is 1. The minimum Gasteiger partial charge on any atom is -0.370 e. The van der Waals surface area contributed by atoms with E-state index in [1.54, 1.807) is 0 Å². The smallest absolute Gasteiger partial charge is 0.129 e. The lowest BCUT2D eigenvalue weighted by Gasteiger charge is -2.22. The van der Waals surface area contributed by atoms with Gasteiger partial charge in [0, 0.05) is 12.2 Å². The normalized spacial score (nSPS) is 17.2. The molecule has 102 valence electrons. The molecule has 0 fully saturated rings. The van der Waals surface area contributed by atoms with Crippen molar-refractivity contribution in [2.24, 2.45) is 5.92 Å². The Hall–Kier alpha value is -1.05. The topological polar surface area (TPSA) is 24.9 Å². The molecular weight excluding hydrogens is 220 g/mol. The monoisotopic (exact) mass is 248 g/mol. The molecule has 1 unspecified atom stereocenters. The van der Waals surface area contributed by atoms with Crippen molar-refractivity contribution in [1.82, 2.24) is 4.98 Å². The Morgan fingerprint density at radius 1 is 1.28 bits per heavy atom. The first kappa shape index (κ1) is 15.0. The summed E-state index contributed by atoms with van der Waals surface area (Å²) in [7, 11) is 0. The van der Waals surface area contributed by atoms with Crippen molar-refractivity contribution in [3.05, 3.63) is 23.4 Å². The zero-order chi connectivity index (χ0) is 13.4. The molecule has 0 spiro atoms. The van der Waals surface area contributed by atoms with Crippen LogP contribution in [-0.2, 0) is 12.8 Å². The summed E-state index contributed by atoms with van der Waals surface area (Å²) in [5.74, 6) is 1.87. The molecule has 0 aromatic carbocycles. The van der Waals surface area contributed by atoms with Gasteiger partial charge in [0.15, 0.2) is 0 Å². The van der Waals surface area contributed by atoms with E-state index < -0.39 is 0 Å². The molecule has 1 aliphatic rings. The number of aryl methyl sites for hydroxylation is 1. The highest BCUT2D eigenvalue weighted by Crippen LogP contribution is 2.23. The van der Waals surface area contributed by atoms with Crippen LogP contribution in [0.2, 0.25) is 0 Å². The van der Waals surface area contributed by atoms with Gasteiger partial charge in [0.25, 0.3) is 0 Å². The second kappa shape index (κ2) is 8.12. The molecule has 0 aliphatic carbocycles. The first-order valence-corrected chi connectivity index (χ1v) is 7.52. The molecule has 2 nitrogen and oxygen atoms in total. The molecule has 18 heavy (non-hydrogen) atoms. The molecule has 0 saturated carbocycles. The third-order valence-corrected chi connectivity index (χ3v) is 3.26. The van der Waals surface area contributed by atoms with E-state index in [-0.39, 0.29) is 0 Å². The zero-order valence-corrected chi connectivity index (χ0v) is 12.4. The highest BCUT2D eigenvalue weighted by Gasteiger charge is 2.15. The van der Waals surface area contributed by atoms with E-state index >= 15 is 0 Å². The van der Waals surface area contributed by atoms with E-state index in [0.717, 1.165) is 24.7 Å². The second-order valence-electron chi connectivity index (χ2n) is 4.96. The predicted molar refractivity (Wildman–Crippen MR) is 80.2 cm³/mol. The summed E-state index contributed by atoms with van der Waals surface area (Å²) in [4.78, 5) is 4.71. The van der Waals surface area contributed by atoms with E-state index in [0.29, 0.717) is 0 Å². The molecule has 0 saturated heterocycles. The summed E-state index contributed by atoms with van der Waals surface area (Å²) in [5, 5.41) is 3.43. The van der Waals surface area contributed by atoms with Crippen LogP contribution in [0.3, 0.4) is 0 Å². The molecule has 1 aromatic heterocycles. The molecule has 0 amide bonds. The van der Waals surface area contributed by atoms with Crippen LogP contribution in [0.4, 0.5) is 5.82 Å².